The van der Waals surface area contributed by atoms with Crippen LogP contribution in [0.15, 0.2) is 24.3 Å². The number of rotatable bonds is 8. The van der Waals surface area contributed by atoms with Crippen molar-refractivity contribution in [2.24, 2.45) is 0 Å². The van der Waals surface area contributed by atoms with Crippen LogP contribution in [0.25, 0.3) is 0 Å². The number of hydrogen-bond donors (Lipinski definition) is 3. The van der Waals surface area contributed by atoms with Crippen LogP contribution < -0.4 is 10.6 Å². The van der Waals surface area contributed by atoms with Gasteiger partial charge in [-0.05, 0) is 37.0 Å². The second-order valence-corrected chi connectivity index (χ2v) is 5.80. The van der Waals surface area contributed by atoms with Crippen LogP contribution in [0, 0.1) is 5.82 Å². The van der Waals surface area contributed by atoms with E-state index in [1.165, 1.54) is 19.2 Å². The number of benzene rings is 1. The normalized spacial score (nSPS) is 16.9. The van der Waals surface area contributed by atoms with Crippen molar-refractivity contribution in [3.05, 3.63) is 35.6 Å². The largest absolute Gasteiger partial charge is 0.391 e. The minimum absolute atomic E-state index is 0.130. The summed E-state index contributed by atoms with van der Waals surface area (Å²) >= 11 is 0. The van der Waals surface area contributed by atoms with E-state index in [9.17, 15) is 14.3 Å². The van der Waals surface area contributed by atoms with Crippen LogP contribution in [0.1, 0.15) is 24.8 Å². The molecule has 1 aliphatic carbocycles. The average Bonchev–Trinajstić information content (AvgIpc) is 3.27. The third-order valence-electron chi connectivity index (χ3n) is 4.00. The van der Waals surface area contributed by atoms with Crippen LogP contribution in [0.5, 0.6) is 0 Å². The Morgan fingerprint density at radius 3 is 2.86 bits per heavy atom. The maximum Gasteiger partial charge on any atom is 0.314 e. The molecule has 1 saturated carbocycles. The molecule has 1 aromatic rings. The average molecular weight is 310 g/mol. The van der Waals surface area contributed by atoms with Crippen LogP contribution in [-0.2, 0) is 10.2 Å². The van der Waals surface area contributed by atoms with Crippen LogP contribution in [-0.4, -0.2) is 44.0 Å². The topological polar surface area (TPSA) is 70.6 Å². The number of methoxy groups -OCH3 is 1. The zero-order valence-corrected chi connectivity index (χ0v) is 12.8. The Morgan fingerprint density at radius 1 is 1.45 bits per heavy atom. The molecule has 0 bridgehead atoms. The Labute approximate surface area is 129 Å². The van der Waals surface area contributed by atoms with Crippen molar-refractivity contribution < 1.29 is 19.0 Å². The lowest BCUT2D eigenvalue weighted by Crippen LogP contribution is -2.41. The van der Waals surface area contributed by atoms with E-state index in [2.05, 4.69) is 10.6 Å². The lowest BCUT2D eigenvalue weighted by molar-refractivity contribution is 0.0598. The van der Waals surface area contributed by atoms with E-state index < -0.39 is 6.10 Å². The van der Waals surface area contributed by atoms with Gasteiger partial charge in [-0.15, -0.1) is 0 Å². The van der Waals surface area contributed by atoms with Crippen molar-refractivity contribution in [2.45, 2.75) is 30.8 Å². The minimum Gasteiger partial charge on any atom is -0.391 e. The summed E-state index contributed by atoms with van der Waals surface area (Å²) in [6.07, 6.45) is 1.76. The van der Waals surface area contributed by atoms with Crippen LogP contribution in [0.4, 0.5) is 9.18 Å². The summed E-state index contributed by atoms with van der Waals surface area (Å²) in [6.45, 7) is 1.12. The molecule has 0 saturated heterocycles. The van der Waals surface area contributed by atoms with Crippen LogP contribution in [0.3, 0.4) is 0 Å². The number of aliphatic hydroxyl groups is 1. The summed E-state index contributed by atoms with van der Waals surface area (Å²) < 4.78 is 18.1. The number of carbonyl (C=O) groups excluding carboxylic acids is 1. The number of aliphatic hydroxyl groups excluding tert-OH is 1. The molecule has 1 atom stereocenters. The number of halogens is 1. The Hall–Kier alpha value is -1.66. The molecule has 3 N–H and O–H groups in total. The molecule has 1 unspecified atom stereocenters. The molecule has 0 heterocycles. The number of ether oxygens (including phenoxy) is 1. The highest BCUT2D eigenvalue weighted by Gasteiger charge is 2.44. The van der Waals surface area contributed by atoms with E-state index in [0.29, 0.717) is 19.5 Å². The molecule has 1 fully saturated rings. The van der Waals surface area contributed by atoms with E-state index in [0.717, 1.165) is 18.4 Å². The van der Waals surface area contributed by atoms with Crippen molar-refractivity contribution >= 4 is 6.03 Å². The molecular weight excluding hydrogens is 287 g/mol. The van der Waals surface area contributed by atoms with Gasteiger partial charge in [0.2, 0.25) is 0 Å². The standard InChI is InChI=1S/C16H23FN2O3/c1-22-10-14(20)5-8-18-15(21)19-11-16(6-7-16)12-3-2-4-13(17)9-12/h2-4,9,14,20H,5-8,10-11H2,1H3,(H2,18,19,21). The van der Waals surface area contributed by atoms with Gasteiger partial charge in [0.1, 0.15) is 5.82 Å². The third kappa shape index (κ3) is 4.68. The van der Waals surface area contributed by atoms with E-state index in [1.54, 1.807) is 6.07 Å². The van der Waals surface area contributed by atoms with E-state index in [4.69, 9.17) is 4.74 Å². The molecule has 6 heteroatoms. The summed E-state index contributed by atoms with van der Waals surface area (Å²) in [6, 6.07) is 6.28. The van der Waals surface area contributed by atoms with Crippen molar-refractivity contribution in [3.8, 4) is 0 Å². The van der Waals surface area contributed by atoms with Crippen LogP contribution in [0.2, 0.25) is 0 Å². The first-order valence-electron chi connectivity index (χ1n) is 7.50. The molecule has 122 valence electrons. The first-order chi connectivity index (χ1) is 10.6. The third-order valence-corrected chi connectivity index (χ3v) is 4.00. The number of urea groups is 1. The van der Waals surface area contributed by atoms with Gasteiger partial charge in [-0.25, -0.2) is 9.18 Å². The van der Waals surface area contributed by atoms with Crippen molar-refractivity contribution in [3.63, 3.8) is 0 Å². The summed E-state index contributed by atoms with van der Waals surface area (Å²) in [5, 5.41) is 15.0. The molecular formula is C16H23FN2O3. The Bertz CT molecular complexity index is 506. The number of nitrogens with one attached hydrogen (secondary N) is 2. The molecule has 0 aromatic heterocycles. The van der Waals surface area contributed by atoms with Gasteiger partial charge in [0.15, 0.2) is 0 Å². The van der Waals surface area contributed by atoms with Gasteiger partial charge in [-0.1, -0.05) is 12.1 Å². The smallest absolute Gasteiger partial charge is 0.314 e. The predicted octanol–water partition coefficient (Wildman–Crippen LogP) is 1.55. The van der Waals surface area contributed by atoms with E-state index in [1.807, 2.05) is 6.07 Å². The molecule has 1 aliphatic rings. The Kier molecular flexibility index (Phi) is 5.74. The van der Waals surface area contributed by atoms with Crippen molar-refractivity contribution in [1.82, 2.24) is 10.6 Å². The highest BCUT2D eigenvalue weighted by atomic mass is 19.1. The molecule has 1 aromatic carbocycles. The van der Waals surface area contributed by atoms with Gasteiger partial charge in [0.05, 0.1) is 12.7 Å². The maximum atomic E-state index is 13.3. The molecule has 0 radical (unpaired) electrons. The zero-order chi connectivity index (χ0) is 16.0. The molecule has 22 heavy (non-hydrogen) atoms. The monoisotopic (exact) mass is 310 g/mol. The quantitative estimate of drug-likeness (QED) is 0.682. The fourth-order valence-electron chi connectivity index (χ4n) is 2.48. The number of carbonyl (C=O) groups is 1. The fraction of sp³-hybridized carbons (Fsp3) is 0.562. The Morgan fingerprint density at radius 2 is 2.23 bits per heavy atom. The maximum absolute atomic E-state index is 13.3. The van der Waals surface area contributed by atoms with Gasteiger partial charge in [-0.3, -0.25) is 0 Å². The fourth-order valence-corrected chi connectivity index (χ4v) is 2.48. The second-order valence-electron chi connectivity index (χ2n) is 5.80. The summed E-state index contributed by atoms with van der Waals surface area (Å²) in [5.41, 5.74) is 0.804. The SMILES string of the molecule is COCC(O)CCNC(=O)NCC1(c2cccc(F)c2)CC1. The Balaban J connectivity index is 1.72. The first kappa shape index (κ1) is 16.7. The minimum atomic E-state index is -0.577. The van der Waals surface area contributed by atoms with Gasteiger partial charge in [-0.2, -0.15) is 0 Å². The van der Waals surface area contributed by atoms with Gasteiger partial charge >= 0.3 is 6.03 Å². The predicted molar refractivity (Wildman–Crippen MR) is 81.2 cm³/mol. The van der Waals surface area contributed by atoms with Crippen LogP contribution >= 0.6 is 0 Å². The van der Waals surface area contributed by atoms with Crippen molar-refractivity contribution in [1.29, 1.82) is 0 Å². The lowest BCUT2D eigenvalue weighted by atomic mass is 9.96. The number of amides is 2. The van der Waals surface area contributed by atoms with Gasteiger partial charge < -0.3 is 20.5 Å². The summed E-state index contributed by atoms with van der Waals surface area (Å²) in [5.74, 6) is -0.250. The zero-order valence-electron chi connectivity index (χ0n) is 12.8. The van der Waals surface area contributed by atoms with Gasteiger partial charge in [0, 0.05) is 25.6 Å². The number of hydrogen-bond acceptors (Lipinski definition) is 3. The summed E-state index contributed by atoms with van der Waals surface area (Å²) in [4.78, 5) is 11.7. The summed E-state index contributed by atoms with van der Waals surface area (Å²) in [7, 11) is 1.52. The van der Waals surface area contributed by atoms with Crippen molar-refractivity contribution in [2.75, 3.05) is 26.8 Å². The first-order valence-corrected chi connectivity index (χ1v) is 7.50. The second kappa shape index (κ2) is 7.56. The molecule has 2 rings (SSSR count). The molecule has 0 spiro atoms. The van der Waals surface area contributed by atoms with Gasteiger partial charge in [0.25, 0.3) is 0 Å². The molecule has 5 nitrogen and oxygen atoms in total. The van der Waals surface area contributed by atoms with E-state index >= 15 is 0 Å². The molecule has 0 aliphatic heterocycles. The molecule has 2 amide bonds. The lowest BCUT2D eigenvalue weighted by Gasteiger charge is -2.17. The van der Waals surface area contributed by atoms with E-state index in [-0.39, 0.29) is 23.9 Å². The highest BCUT2D eigenvalue weighted by Crippen LogP contribution is 2.47. The highest BCUT2D eigenvalue weighted by molar-refractivity contribution is 5.74.